The third-order valence-electron chi connectivity index (χ3n) is 3.80. The van der Waals surface area contributed by atoms with Gasteiger partial charge in [0.2, 0.25) is 11.8 Å². The molecule has 0 amide bonds. The van der Waals surface area contributed by atoms with Crippen LogP contribution in [0.5, 0.6) is 0 Å². The predicted molar refractivity (Wildman–Crippen MR) is 79.5 cm³/mol. The van der Waals surface area contributed by atoms with Crippen molar-refractivity contribution in [2.75, 3.05) is 13.6 Å². The smallest absolute Gasteiger partial charge is 0.247 e. The van der Waals surface area contributed by atoms with Gasteiger partial charge in [0.25, 0.3) is 0 Å². The number of rotatable bonds is 6. The minimum atomic E-state index is -0.242. The van der Waals surface area contributed by atoms with Gasteiger partial charge in [-0.05, 0) is 44.9 Å². The molecule has 5 heteroatoms. The maximum Gasteiger partial charge on any atom is 0.247 e. The fourth-order valence-electron chi connectivity index (χ4n) is 2.46. The van der Waals surface area contributed by atoms with Crippen molar-refractivity contribution in [2.24, 2.45) is 5.92 Å². The highest BCUT2D eigenvalue weighted by molar-refractivity contribution is 5.53. The zero-order chi connectivity index (χ0) is 14.8. The van der Waals surface area contributed by atoms with Gasteiger partial charge < -0.3 is 9.52 Å². The fourth-order valence-corrected chi connectivity index (χ4v) is 2.46. The monoisotopic (exact) mass is 287 g/mol. The second-order valence-electron chi connectivity index (χ2n) is 5.97. The minimum Gasteiger partial charge on any atom is -0.419 e. The average molecular weight is 287 g/mol. The van der Waals surface area contributed by atoms with Gasteiger partial charge in [0.1, 0.15) is 0 Å². The molecule has 21 heavy (non-hydrogen) atoms. The van der Waals surface area contributed by atoms with Crippen molar-refractivity contribution >= 4 is 0 Å². The molecule has 1 aromatic heterocycles. The van der Waals surface area contributed by atoms with Gasteiger partial charge in [0.05, 0.1) is 12.6 Å². The van der Waals surface area contributed by atoms with Gasteiger partial charge in [-0.25, -0.2) is 0 Å². The number of aryl methyl sites for hydroxylation is 1. The van der Waals surface area contributed by atoms with Gasteiger partial charge in [-0.1, -0.05) is 17.7 Å². The molecule has 1 aliphatic carbocycles. The Morgan fingerprint density at radius 2 is 2.19 bits per heavy atom. The van der Waals surface area contributed by atoms with Gasteiger partial charge in [-0.15, -0.1) is 10.2 Å². The molecule has 1 aromatic carbocycles. The molecule has 1 atom stereocenters. The third kappa shape index (κ3) is 3.68. The van der Waals surface area contributed by atoms with Crippen LogP contribution in [0.2, 0.25) is 0 Å². The number of likely N-dealkylation sites (N-methyl/N-ethyl adjacent to an activating group) is 1. The van der Waals surface area contributed by atoms with Crippen molar-refractivity contribution in [2.45, 2.75) is 32.4 Å². The van der Waals surface area contributed by atoms with Crippen LogP contribution in [0.3, 0.4) is 0 Å². The zero-order valence-corrected chi connectivity index (χ0v) is 12.5. The summed E-state index contributed by atoms with van der Waals surface area (Å²) >= 11 is 0. The van der Waals surface area contributed by atoms with Gasteiger partial charge in [0.15, 0.2) is 0 Å². The van der Waals surface area contributed by atoms with Crippen LogP contribution in [-0.4, -0.2) is 39.9 Å². The van der Waals surface area contributed by atoms with E-state index in [4.69, 9.17) is 4.42 Å². The van der Waals surface area contributed by atoms with Crippen LogP contribution in [0.25, 0.3) is 11.5 Å². The van der Waals surface area contributed by atoms with E-state index >= 15 is 0 Å². The predicted octanol–water partition coefficient (Wildman–Crippen LogP) is 2.25. The molecule has 1 N–H and O–H groups in total. The van der Waals surface area contributed by atoms with E-state index in [1.54, 1.807) is 0 Å². The van der Waals surface area contributed by atoms with Crippen molar-refractivity contribution in [3.05, 3.63) is 35.7 Å². The van der Waals surface area contributed by atoms with E-state index in [9.17, 15) is 5.11 Å². The Morgan fingerprint density at radius 1 is 1.38 bits per heavy atom. The van der Waals surface area contributed by atoms with Crippen LogP contribution in [-0.2, 0) is 6.54 Å². The number of hydrogen-bond acceptors (Lipinski definition) is 5. The van der Waals surface area contributed by atoms with E-state index in [2.05, 4.69) is 10.2 Å². The Kier molecular flexibility index (Phi) is 4.03. The number of nitrogens with zero attached hydrogens (tertiary/aromatic N) is 3. The molecule has 0 saturated heterocycles. The van der Waals surface area contributed by atoms with Crippen molar-refractivity contribution in [3.63, 3.8) is 0 Å². The standard InChI is InChI=1S/C16H21N3O2/c1-11-4-3-5-13(8-11)16-18-17-15(21-16)10-19(2)9-14(20)12-6-7-12/h3-5,8,12,14,20H,6-7,9-10H2,1-2H3. The Bertz CT molecular complexity index is 607. The molecule has 1 fully saturated rings. The molecular weight excluding hydrogens is 266 g/mol. The number of aliphatic hydroxyl groups is 1. The molecule has 1 unspecified atom stereocenters. The Balaban J connectivity index is 1.62. The topological polar surface area (TPSA) is 62.4 Å². The molecule has 3 rings (SSSR count). The lowest BCUT2D eigenvalue weighted by molar-refractivity contribution is 0.100. The second-order valence-corrected chi connectivity index (χ2v) is 5.97. The molecule has 112 valence electrons. The first-order chi connectivity index (χ1) is 10.1. The summed E-state index contributed by atoms with van der Waals surface area (Å²) in [6.45, 7) is 3.24. The van der Waals surface area contributed by atoms with Crippen LogP contribution in [0, 0.1) is 12.8 Å². The summed E-state index contributed by atoms with van der Waals surface area (Å²) < 4.78 is 5.71. The Labute approximate surface area is 124 Å². The normalized spacial score (nSPS) is 16.4. The lowest BCUT2D eigenvalue weighted by Crippen LogP contribution is -2.30. The van der Waals surface area contributed by atoms with Crippen LogP contribution in [0.15, 0.2) is 28.7 Å². The van der Waals surface area contributed by atoms with Crippen molar-refractivity contribution < 1.29 is 9.52 Å². The molecule has 1 aliphatic rings. The molecule has 2 aromatic rings. The first kappa shape index (κ1) is 14.2. The molecule has 0 aliphatic heterocycles. The number of hydrogen-bond donors (Lipinski definition) is 1. The Hall–Kier alpha value is -1.72. The molecule has 0 radical (unpaired) electrons. The summed E-state index contributed by atoms with van der Waals surface area (Å²) in [5.41, 5.74) is 2.10. The van der Waals surface area contributed by atoms with Gasteiger partial charge in [-0.2, -0.15) is 0 Å². The summed E-state index contributed by atoms with van der Waals surface area (Å²) in [4.78, 5) is 2.02. The Morgan fingerprint density at radius 3 is 2.90 bits per heavy atom. The minimum absolute atomic E-state index is 0.242. The summed E-state index contributed by atoms with van der Waals surface area (Å²) in [5, 5.41) is 18.1. The van der Waals surface area contributed by atoms with Crippen LogP contribution in [0.4, 0.5) is 0 Å². The summed E-state index contributed by atoms with van der Waals surface area (Å²) in [6.07, 6.45) is 2.05. The average Bonchev–Trinajstić information content (AvgIpc) is 3.19. The molecular formula is C16H21N3O2. The number of aliphatic hydroxyl groups excluding tert-OH is 1. The SMILES string of the molecule is Cc1cccc(-c2nnc(CN(C)CC(O)C3CC3)o2)c1. The second kappa shape index (κ2) is 5.95. The first-order valence-corrected chi connectivity index (χ1v) is 7.38. The molecule has 0 spiro atoms. The highest BCUT2D eigenvalue weighted by Crippen LogP contribution is 2.32. The van der Waals surface area contributed by atoms with Gasteiger partial charge >= 0.3 is 0 Å². The molecule has 1 saturated carbocycles. The van der Waals surface area contributed by atoms with Crippen molar-refractivity contribution in [1.29, 1.82) is 0 Å². The van der Waals surface area contributed by atoms with E-state index < -0.39 is 0 Å². The molecule has 1 heterocycles. The lowest BCUT2D eigenvalue weighted by Gasteiger charge is -2.18. The fraction of sp³-hybridized carbons (Fsp3) is 0.500. The highest BCUT2D eigenvalue weighted by atomic mass is 16.4. The number of aromatic nitrogens is 2. The van der Waals surface area contributed by atoms with E-state index in [1.807, 2.05) is 43.1 Å². The van der Waals surface area contributed by atoms with Gasteiger partial charge in [0, 0.05) is 12.1 Å². The summed E-state index contributed by atoms with van der Waals surface area (Å²) in [6, 6.07) is 8.00. The van der Waals surface area contributed by atoms with Crippen LogP contribution >= 0.6 is 0 Å². The van der Waals surface area contributed by atoms with E-state index in [1.165, 1.54) is 0 Å². The third-order valence-corrected chi connectivity index (χ3v) is 3.80. The lowest BCUT2D eigenvalue weighted by atomic mass is 10.1. The van der Waals surface area contributed by atoms with E-state index in [0.717, 1.165) is 24.0 Å². The first-order valence-electron chi connectivity index (χ1n) is 7.38. The van der Waals surface area contributed by atoms with Crippen molar-refractivity contribution in [3.8, 4) is 11.5 Å². The quantitative estimate of drug-likeness (QED) is 0.883. The number of benzene rings is 1. The molecule has 5 nitrogen and oxygen atoms in total. The molecule has 0 bridgehead atoms. The van der Waals surface area contributed by atoms with Gasteiger partial charge in [-0.3, -0.25) is 4.90 Å². The largest absolute Gasteiger partial charge is 0.419 e. The van der Waals surface area contributed by atoms with E-state index in [-0.39, 0.29) is 6.10 Å². The van der Waals surface area contributed by atoms with Crippen LogP contribution in [0.1, 0.15) is 24.3 Å². The highest BCUT2D eigenvalue weighted by Gasteiger charge is 2.30. The van der Waals surface area contributed by atoms with Crippen molar-refractivity contribution in [1.82, 2.24) is 15.1 Å². The summed E-state index contributed by atoms with van der Waals surface area (Å²) in [5.74, 6) is 1.61. The maximum atomic E-state index is 9.94. The zero-order valence-electron chi connectivity index (χ0n) is 12.5. The summed E-state index contributed by atoms with van der Waals surface area (Å²) in [7, 11) is 1.96. The maximum absolute atomic E-state index is 9.94. The van der Waals surface area contributed by atoms with E-state index in [0.29, 0.717) is 30.8 Å². The van der Waals surface area contributed by atoms with Crippen LogP contribution < -0.4 is 0 Å².